The van der Waals surface area contributed by atoms with Crippen molar-refractivity contribution in [3.8, 4) is 11.5 Å². The van der Waals surface area contributed by atoms with Gasteiger partial charge in [0.25, 0.3) is 0 Å². The Morgan fingerprint density at radius 2 is 1.85 bits per heavy atom. The maximum Gasteiger partial charge on any atom is 0.133 e. The highest BCUT2D eigenvalue weighted by atomic mass is 79.9. The van der Waals surface area contributed by atoms with E-state index in [1.54, 1.807) is 0 Å². The molecule has 0 saturated carbocycles. The van der Waals surface area contributed by atoms with E-state index < -0.39 is 0 Å². The van der Waals surface area contributed by atoms with Crippen LogP contribution in [0, 0.1) is 6.92 Å². The Labute approximate surface area is 128 Å². The van der Waals surface area contributed by atoms with Gasteiger partial charge in [0, 0.05) is 10.0 Å². The summed E-state index contributed by atoms with van der Waals surface area (Å²) in [6.45, 7) is 6.29. The lowest BCUT2D eigenvalue weighted by molar-refractivity contribution is 0.276. The highest BCUT2D eigenvalue weighted by Gasteiger charge is 2.11. The molecular formula is C17H19BrO2. The molecule has 20 heavy (non-hydrogen) atoms. The van der Waals surface area contributed by atoms with Gasteiger partial charge >= 0.3 is 0 Å². The second-order valence-corrected chi connectivity index (χ2v) is 6.12. The van der Waals surface area contributed by atoms with E-state index in [9.17, 15) is 5.11 Å². The summed E-state index contributed by atoms with van der Waals surface area (Å²) in [6.07, 6.45) is 0. The van der Waals surface area contributed by atoms with Crippen LogP contribution in [-0.4, -0.2) is 5.11 Å². The number of aryl methyl sites for hydroxylation is 1. The summed E-state index contributed by atoms with van der Waals surface area (Å²) in [5.74, 6) is 1.94. The molecule has 0 bridgehead atoms. The Morgan fingerprint density at radius 1 is 1.10 bits per heavy atom. The molecule has 0 aliphatic heterocycles. The molecule has 2 nitrogen and oxygen atoms in total. The molecule has 0 atom stereocenters. The average molecular weight is 335 g/mol. The molecule has 2 rings (SSSR count). The molecule has 0 unspecified atom stereocenters. The van der Waals surface area contributed by atoms with Crippen LogP contribution in [0.5, 0.6) is 11.5 Å². The standard InChI is InChI=1S/C17H19BrO2/c1-11(2)15-6-4-12(3)8-17(15)20-16-7-5-14(18)9-13(16)10-19/h4-9,11,19H,10H2,1-3H3. The molecule has 2 aromatic carbocycles. The average Bonchev–Trinajstić information content (AvgIpc) is 2.40. The zero-order valence-corrected chi connectivity index (χ0v) is 13.6. The molecule has 0 radical (unpaired) electrons. The van der Waals surface area contributed by atoms with Crippen LogP contribution in [0.15, 0.2) is 40.9 Å². The summed E-state index contributed by atoms with van der Waals surface area (Å²) >= 11 is 3.41. The van der Waals surface area contributed by atoms with E-state index in [-0.39, 0.29) is 6.61 Å². The molecule has 0 saturated heterocycles. The predicted molar refractivity (Wildman–Crippen MR) is 85.4 cm³/mol. The van der Waals surface area contributed by atoms with E-state index in [0.29, 0.717) is 11.7 Å². The number of aliphatic hydroxyl groups excluding tert-OH is 1. The number of halogens is 1. The zero-order chi connectivity index (χ0) is 14.7. The molecule has 1 N–H and O–H groups in total. The molecule has 2 aromatic rings. The van der Waals surface area contributed by atoms with Crippen molar-refractivity contribution in [1.82, 2.24) is 0 Å². The highest BCUT2D eigenvalue weighted by Crippen LogP contribution is 2.34. The molecule has 0 fully saturated rings. The first-order valence-electron chi connectivity index (χ1n) is 6.69. The summed E-state index contributed by atoms with van der Waals surface area (Å²) in [6, 6.07) is 11.9. The van der Waals surface area contributed by atoms with E-state index in [2.05, 4.69) is 41.9 Å². The summed E-state index contributed by atoms with van der Waals surface area (Å²) in [5, 5.41) is 9.45. The van der Waals surface area contributed by atoms with Crippen molar-refractivity contribution in [2.75, 3.05) is 0 Å². The van der Waals surface area contributed by atoms with Gasteiger partial charge in [-0.05, 0) is 48.2 Å². The third-order valence-corrected chi connectivity index (χ3v) is 3.70. The summed E-state index contributed by atoms with van der Waals surface area (Å²) in [4.78, 5) is 0. The zero-order valence-electron chi connectivity index (χ0n) is 12.0. The fourth-order valence-corrected chi connectivity index (χ4v) is 2.51. The Kier molecular flexibility index (Phi) is 4.84. The van der Waals surface area contributed by atoms with E-state index in [1.807, 2.05) is 31.2 Å². The van der Waals surface area contributed by atoms with Gasteiger partial charge in [-0.25, -0.2) is 0 Å². The Hall–Kier alpha value is -1.32. The molecule has 0 aliphatic carbocycles. The van der Waals surface area contributed by atoms with Gasteiger partial charge in [0.15, 0.2) is 0 Å². The fourth-order valence-electron chi connectivity index (χ4n) is 2.10. The van der Waals surface area contributed by atoms with Gasteiger partial charge in [0.05, 0.1) is 6.61 Å². The Morgan fingerprint density at radius 3 is 2.50 bits per heavy atom. The van der Waals surface area contributed by atoms with Crippen molar-refractivity contribution in [1.29, 1.82) is 0 Å². The van der Waals surface area contributed by atoms with Crippen molar-refractivity contribution >= 4 is 15.9 Å². The first-order chi connectivity index (χ1) is 9.51. The van der Waals surface area contributed by atoms with Crippen LogP contribution in [0.4, 0.5) is 0 Å². The normalized spacial score (nSPS) is 10.9. The van der Waals surface area contributed by atoms with Crippen molar-refractivity contribution in [2.45, 2.75) is 33.3 Å². The van der Waals surface area contributed by atoms with Crippen LogP contribution in [-0.2, 0) is 6.61 Å². The number of ether oxygens (including phenoxy) is 1. The molecule has 3 heteroatoms. The number of rotatable bonds is 4. The van der Waals surface area contributed by atoms with Gasteiger partial charge in [0.1, 0.15) is 11.5 Å². The fraction of sp³-hybridized carbons (Fsp3) is 0.294. The van der Waals surface area contributed by atoms with E-state index in [1.165, 1.54) is 5.56 Å². The molecule has 106 valence electrons. The first-order valence-corrected chi connectivity index (χ1v) is 7.48. The SMILES string of the molecule is Cc1ccc(C(C)C)c(Oc2ccc(Br)cc2CO)c1. The van der Waals surface area contributed by atoms with E-state index in [4.69, 9.17) is 4.74 Å². The van der Waals surface area contributed by atoms with Crippen LogP contribution in [0.3, 0.4) is 0 Å². The monoisotopic (exact) mass is 334 g/mol. The van der Waals surface area contributed by atoms with Gasteiger partial charge in [-0.2, -0.15) is 0 Å². The van der Waals surface area contributed by atoms with E-state index >= 15 is 0 Å². The lowest BCUT2D eigenvalue weighted by Gasteiger charge is -2.16. The van der Waals surface area contributed by atoms with Crippen LogP contribution in [0.1, 0.15) is 36.5 Å². The minimum absolute atomic E-state index is 0.0440. The van der Waals surface area contributed by atoms with Crippen molar-refractivity contribution in [3.63, 3.8) is 0 Å². The highest BCUT2D eigenvalue weighted by molar-refractivity contribution is 9.10. The minimum Gasteiger partial charge on any atom is -0.457 e. The van der Waals surface area contributed by atoms with E-state index in [0.717, 1.165) is 21.3 Å². The van der Waals surface area contributed by atoms with Crippen molar-refractivity contribution < 1.29 is 9.84 Å². The molecule has 0 spiro atoms. The lowest BCUT2D eigenvalue weighted by Crippen LogP contribution is -1.97. The second kappa shape index (κ2) is 6.42. The molecular weight excluding hydrogens is 316 g/mol. The second-order valence-electron chi connectivity index (χ2n) is 5.21. The van der Waals surface area contributed by atoms with Gasteiger partial charge in [-0.15, -0.1) is 0 Å². The third-order valence-electron chi connectivity index (χ3n) is 3.20. The smallest absolute Gasteiger partial charge is 0.133 e. The molecule has 0 aromatic heterocycles. The molecule has 0 heterocycles. The van der Waals surface area contributed by atoms with Crippen molar-refractivity contribution in [3.05, 3.63) is 57.6 Å². The summed E-state index contributed by atoms with van der Waals surface area (Å²) in [5.41, 5.74) is 3.10. The third kappa shape index (κ3) is 3.41. The number of hydrogen-bond donors (Lipinski definition) is 1. The number of hydrogen-bond acceptors (Lipinski definition) is 2. The number of aliphatic hydroxyl groups is 1. The Balaban J connectivity index is 2.41. The maximum atomic E-state index is 9.45. The van der Waals surface area contributed by atoms with Gasteiger partial charge in [-0.3, -0.25) is 0 Å². The van der Waals surface area contributed by atoms with Crippen LogP contribution < -0.4 is 4.74 Å². The van der Waals surface area contributed by atoms with Crippen LogP contribution in [0.2, 0.25) is 0 Å². The van der Waals surface area contributed by atoms with Crippen LogP contribution in [0.25, 0.3) is 0 Å². The summed E-state index contributed by atoms with van der Waals surface area (Å²) < 4.78 is 6.98. The number of benzene rings is 2. The van der Waals surface area contributed by atoms with Crippen molar-refractivity contribution in [2.24, 2.45) is 0 Å². The first kappa shape index (κ1) is 15.1. The van der Waals surface area contributed by atoms with Gasteiger partial charge < -0.3 is 9.84 Å². The van der Waals surface area contributed by atoms with Gasteiger partial charge in [0.2, 0.25) is 0 Å². The quantitative estimate of drug-likeness (QED) is 0.836. The Bertz CT molecular complexity index is 606. The molecule has 0 aliphatic rings. The summed E-state index contributed by atoms with van der Waals surface area (Å²) in [7, 11) is 0. The van der Waals surface area contributed by atoms with Gasteiger partial charge in [-0.1, -0.05) is 41.9 Å². The largest absolute Gasteiger partial charge is 0.457 e. The van der Waals surface area contributed by atoms with Crippen LogP contribution >= 0.6 is 15.9 Å². The topological polar surface area (TPSA) is 29.5 Å². The minimum atomic E-state index is -0.0440. The maximum absolute atomic E-state index is 9.45. The lowest BCUT2D eigenvalue weighted by atomic mass is 10.0. The predicted octanol–water partition coefficient (Wildman–Crippen LogP) is 5.17. The molecule has 0 amide bonds.